The molecule has 1 heterocycles. The number of nitro groups is 2. The molecule has 0 aliphatic carbocycles. The first kappa shape index (κ1) is 18.4. The van der Waals surface area contributed by atoms with E-state index in [1.807, 2.05) is 30.3 Å². The summed E-state index contributed by atoms with van der Waals surface area (Å²) in [7, 11) is 0. The molecule has 1 N–H and O–H groups in total. The van der Waals surface area contributed by atoms with E-state index in [1.54, 1.807) is 0 Å². The highest BCUT2D eigenvalue weighted by Crippen LogP contribution is 2.35. The van der Waals surface area contributed by atoms with Gasteiger partial charge < -0.3 is 9.73 Å². The van der Waals surface area contributed by atoms with Crippen LogP contribution in [0.4, 0.5) is 17.1 Å². The molecule has 9 nitrogen and oxygen atoms in total. The SMILES string of the molecule is O=c1oc2ccc([N+](=O)[O-])cc2c(SCCNc2ccccc2)c1[N+](=O)[O-]. The first-order valence-electron chi connectivity index (χ1n) is 7.78. The van der Waals surface area contributed by atoms with Gasteiger partial charge in [0.15, 0.2) is 0 Å². The quantitative estimate of drug-likeness (QED) is 0.213. The summed E-state index contributed by atoms with van der Waals surface area (Å²) in [4.78, 5) is 33.0. The fourth-order valence-electron chi connectivity index (χ4n) is 2.47. The average Bonchev–Trinajstić information content (AvgIpc) is 2.64. The van der Waals surface area contributed by atoms with E-state index in [1.165, 1.54) is 18.2 Å². The fourth-order valence-corrected chi connectivity index (χ4v) is 3.49. The lowest BCUT2D eigenvalue weighted by Crippen LogP contribution is -2.10. The van der Waals surface area contributed by atoms with Crippen LogP contribution in [0, 0.1) is 20.2 Å². The van der Waals surface area contributed by atoms with Crippen molar-refractivity contribution in [1.29, 1.82) is 0 Å². The van der Waals surface area contributed by atoms with E-state index in [4.69, 9.17) is 4.42 Å². The molecule has 3 rings (SSSR count). The highest BCUT2D eigenvalue weighted by atomic mass is 32.2. The molecule has 0 saturated heterocycles. The van der Waals surface area contributed by atoms with Crippen LogP contribution in [0.15, 0.2) is 62.6 Å². The lowest BCUT2D eigenvalue weighted by molar-refractivity contribution is -0.390. The van der Waals surface area contributed by atoms with E-state index in [0.717, 1.165) is 17.4 Å². The number of thioether (sulfide) groups is 1. The highest BCUT2D eigenvalue weighted by Gasteiger charge is 2.26. The Balaban J connectivity index is 1.93. The average molecular weight is 387 g/mol. The van der Waals surface area contributed by atoms with Crippen molar-refractivity contribution >= 4 is 39.8 Å². The van der Waals surface area contributed by atoms with E-state index in [9.17, 15) is 25.0 Å². The summed E-state index contributed by atoms with van der Waals surface area (Å²) in [6.07, 6.45) is 0. The number of nitro benzene ring substituents is 1. The standard InChI is InChI=1S/C17H13N3O6S/c21-17-15(20(24)25)16(27-9-8-18-11-4-2-1-3-5-11)13-10-12(19(22)23)6-7-14(13)26-17/h1-7,10,18H,8-9H2. The Hall–Kier alpha value is -3.40. The lowest BCUT2D eigenvalue weighted by Gasteiger charge is -2.08. The Morgan fingerprint density at radius 2 is 1.78 bits per heavy atom. The van der Waals surface area contributed by atoms with Crippen LogP contribution in [0.3, 0.4) is 0 Å². The van der Waals surface area contributed by atoms with Gasteiger partial charge in [-0.1, -0.05) is 18.2 Å². The molecule has 10 heteroatoms. The molecule has 0 aliphatic heterocycles. The van der Waals surface area contributed by atoms with Crippen molar-refractivity contribution in [2.75, 3.05) is 17.6 Å². The summed E-state index contributed by atoms with van der Waals surface area (Å²) in [6.45, 7) is 0.475. The first-order valence-corrected chi connectivity index (χ1v) is 8.77. The molecule has 2 aromatic carbocycles. The molecule has 0 spiro atoms. The van der Waals surface area contributed by atoms with Gasteiger partial charge in [-0.3, -0.25) is 20.2 Å². The maximum absolute atomic E-state index is 12.0. The number of nitrogens with one attached hydrogen (secondary N) is 1. The molecule has 0 amide bonds. The normalized spacial score (nSPS) is 10.7. The summed E-state index contributed by atoms with van der Waals surface area (Å²) in [5, 5.41) is 25.7. The topological polar surface area (TPSA) is 129 Å². The number of para-hydroxylation sites is 1. The summed E-state index contributed by atoms with van der Waals surface area (Å²) in [5.41, 5.74) is -1.09. The number of nitrogens with zero attached hydrogens (tertiary/aromatic N) is 2. The molecule has 3 aromatic rings. The Kier molecular flexibility index (Phi) is 5.36. The highest BCUT2D eigenvalue weighted by molar-refractivity contribution is 7.99. The van der Waals surface area contributed by atoms with Crippen molar-refractivity contribution in [3.8, 4) is 0 Å². The zero-order valence-electron chi connectivity index (χ0n) is 13.8. The number of hydrogen-bond acceptors (Lipinski definition) is 8. The third kappa shape index (κ3) is 4.06. The monoisotopic (exact) mass is 387 g/mol. The number of hydrogen-bond donors (Lipinski definition) is 1. The molecule has 138 valence electrons. The van der Waals surface area contributed by atoms with Crippen LogP contribution in [0.1, 0.15) is 0 Å². The molecule has 0 bridgehead atoms. The van der Waals surface area contributed by atoms with Crippen LogP contribution >= 0.6 is 11.8 Å². The lowest BCUT2D eigenvalue weighted by atomic mass is 10.2. The van der Waals surface area contributed by atoms with E-state index in [-0.39, 0.29) is 21.6 Å². The third-order valence-electron chi connectivity index (χ3n) is 3.66. The fraction of sp³-hybridized carbons (Fsp3) is 0.118. The van der Waals surface area contributed by atoms with Crippen molar-refractivity contribution in [3.63, 3.8) is 0 Å². The summed E-state index contributed by atoms with van der Waals surface area (Å²) < 4.78 is 4.96. The van der Waals surface area contributed by atoms with Crippen LogP contribution in [0.25, 0.3) is 11.0 Å². The van der Waals surface area contributed by atoms with Gasteiger partial charge >= 0.3 is 11.3 Å². The summed E-state index contributed by atoms with van der Waals surface area (Å²) in [6, 6.07) is 13.0. The number of anilines is 1. The molecular weight excluding hydrogens is 374 g/mol. The summed E-state index contributed by atoms with van der Waals surface area (Å²) in [5.74, 6) is 0.400. The molecule has 0 atom stereocenters. The van der Waals surface area contributed by atoms with Gasteiger partial charge in [0.25, 0.3) is 5.69 Å². The van der Waals surface area contributed by atoms with Crippen LogP contribution in [0.5, 0.6) is 0 Å². The molecule has 0 saturated carbocycles. The van der Waals surface area contributed by atoms with Gasteiger partial charge in [-0.25, -0.2) is 4.79 Å². The molecule has 1 aromatic heterocycles. The molecule has 0 aliphatic rings. The number of benzene rings is 2. The maximum Gasteiger partial charge on any atom is 0.416 e. The van der Waals surface area contributed by atoms with E-state index in [0.29, 0.717) is 12.3 Å². The van der Waals surface area contributed by atoms with Gasteiger partial charge in [0, 0.05) is 35.5 Å². The largest absolute Gasteiger partial charge is 0.418 e. The van der Waals surface area contributed by atoms with Gasteiger partial charge in [-0.2, -0.15) is 0 Å². The van der Waals surface area contributed by atoms with Crippen molar-refractivity contribution in [2.24, 2.45) is 0 Å². The predicted octanol–water partition coefficient (Wildman–Crippen LogP) is 3.81. The van der Waals surface area contributed by atoms with Gasteiger partial charge in [-0.15, -0.1) is 11.8 Å². The zero-order chi connectivity index (χ0) is 19.4. The molecule has 0 radical (unpaired) electrons. The van der Waals surface area contributed by atoms with Gasteiger partial charge in [0.05, 0.1) is 9.85 Å². The zero-order valence-corrected chi connectivity index (χ0v) is 14.6. The van der Waals surface area contributed by atoms with Gasteiger partial charge in [0.1, 0.15) is 10.5 Å². The summed E-state index contributed by atoms with van der Waals surface area (Å²) >= 11 is 1.07. The van der Waals surface area contributed by atoms with Gasteiger partial charge in [0.2, 0.25) is 0 Å². The number of rotatable bonds is 7. The first-order chi connectivity index (χ1) is 13.0. The van der Waals surface area contributed by atoms with Gasteiger partial charge in [-0.05, 0) is 18.2 Å². The maximum atomic E-state index is 12.0. The predicted molar refractivity (Wildman–Crippen MR) is 101 cm³/mol. The van der Waals surface area contributed by atoms with Crippen LogP contribution < -0.4 is 10.9 Å². The minimum absolute atomic E-state index is 0.0600. The van der Waals surface area contributed by atoms with E-state index < -0.39 is 21.2 Å². The minimum atomic E-state index is -1.08. The number of fused-ring (bicyclic) bond motifs is 1. The van der Waals surface area contributed by atoms with E-state index in [2.05, 4.69) is 5.32 Å². The molecular formula is C17H13N3O6S. The Bertz CT molecular complexity index is 1070. The van der Waals surface area contributed by atoms with Crippen molar-refractivity contribution in [3.05, 3.63) is 79.2 Å². The second-order valence-corrected chi connectivity index (χ2v) is 6.51. The van der Waals surface area contributed by atoms with E-state index >= 15 is 0 Å². The molecule has 0 fully saturated rings. The van der Waals surface area contributed by atoms with Crippen molar-refractivity contribution in [2.45, 2.75) is 4.90 Å². The second-order valence-electron chi connectivity index (χ2n) is 5.40. The molecule has 27 heavy (non-hydrogen) atoms. The van der Waals surface area contributed by atoms with Crippen molar-refractivity contribution in [1.82, 2.24) is 0 Å². The Morgan fingerprint density at radius 3 is 2.44 bits per heavy atom. The van der Waals surface area contributed by atoms with Crippen LogP contribution in [-0.4, -0.2) is 22.1 Å². The van der Waals surface area contributed by atoms with Crippen LogP contribution in [0.2, 0.25) is 0 Å². The number of non-ortho nitro benzene ring substituents is 1. The molecule has 0 unspecified atom stereocenters. The minimum Gasteiger partial charge on any atom is -0.418 e. The van der Waals surface area contributed by atoms with Crippen molar-refractivity contribution < 1.29 is 14.3 Å². The Morgan fingerprint density at radius 1 is 1.04 bits per heavy atom. The Labute approximate surface area is 156 Å². The van der Waals surface area contributed by atoms with Crippen LogP contribution in [-0.2, 0) is 0 Å². The third-order valence-corrected chi connectivity index (χ3v) is 4.77. The smallest absolute Gasteiger partial charge is 0.416 e. The second kappa shape index (κ2) is 7.87.